The van der Waals surface area contributed by atoms with Gasteiger partial charge in [0.1, 0.15) is 12.3 Å². The summed E-state index contributed by atoms with van der Waals surface area (Å²) in [4.78, 5) is 17.7. The first kappa shape index (κ1) is 16.9. The highest BCUT2D eigenvalue weighted by molar-refractivity contribution is 5.99. The first-order chi connectivity index (χ1) is 14.8. The Morgan fingerprint density at radius 2 is 1.77 bits per heavy atom. The molecule has 30 heavy (non-hydrogen) atoms. The van der Waals surface area contributed by atoms with E-state index in [9.17, 15) is 4.79 Å². The van der Waals surface area contributed by atoms with Crippen molar-refractivity contribution in [3.05, 3.63) is 84.4 Å². The van der Waals surface area contributed by atoms with Crippen LogP contribution in [0.5, 0.6) is 0 Å². The molecule has 0 aliphatic carbocycles. The second-order valence-electron chi connectivity index (χ2n) is 7.45. The van der Waals surface area contributed by atoms with Gasteiger partial charge in [-0.15, -0.1) is 0 Å². The number of carbonyl (C=O) groups excluding carboxylic acids is 1. The summed E-state index contributed by atoms with van der Waals surface area (Å²) in [6.45, 7) is 0.334. The molecule has 0 bridgehead atoms. The van der Waals surface area contributed by atoms with E-state index in [-0.39, 0.29) is 12.1 Å². The van der Waals surface area contributed by atoms with Gasteiger partial charge in [-0.1, -0.05) is 48.5 Å². The first-order valence-electron chi connectivity index (χ1n) is 9.85. The lowest BCUT2D eigenvalue weighted by atomic mass is 10.1. The van der Waals surface area contributed by atoms with E-state index in [1.165, 1.54) is 0 Å². The lowest BCUT2D eigenvalue weighted by molar-refractivity contribution is 0.179. The number of benzene rings is 3. The third-order valence-electron chi connectivity index (χ3n) is 5.67. The summed E-state index contributed by atoms with van der Waals surface area (Å²) >= 11 is 0. The van der Waals surface area contributed by atoms with Gasteiger partial charge in [0, 0.05) is 22.0 Å². The van der Waals surface area contributed by atoms with Crippen molar-refractivity contribution >= 4 is 33.6 Å². The number of nitrogens with zero attached hydrogens (tertiary/aromatic N) is 2. The highest BCUT2D eigenvalue weighted by Crippen LogP contribution is 2.36. The zero-order valence-electron chi connectivity index (χ0n) is 16.0. The minimum Gasteiger partial charge on any atom is -0.447 e. The molecule has 2 aromatic heterocycles. The fourth-order valence-corrected chi connectivity index (χ4v) is 4.19. The normalized spacial score (nSPS) is 16.5. The number of aromatic nitrogens is 3. The van der Waals surface area contributed by atoms with Crippen molar-refractivity contribution in [1.29, 1.82) is 0 Å². The van der Waals surface area contributed by atoms with E-state index in [2.05, 4.69) is 27.3 Å². The zero-order valence-corrected chi connectivity index (χ0v) is 16.0. The number of nitrogens with one attached hydrogen (secondary N) is 2. The molecule has 3 heterocycles. The summed E-state index contributed by atoms with van der Waals surface area (Å²) in [6, 6.07) is 25.9. The van der Waals surface area contributed by atoms with Gasteiger partial charge in [-0.3, -0.25) is 10.00 Å². The molecular weight excluding hydrogens is 376 g/mol. The lowest BCUT2D eigenvalue weighted by Crippen LogP contribution is -2.27. The van der Waals surface area contributed by atoms with E-state index in [1.54, 1.807) is 4.90 Å². The number of hydrogen-bond donors (Lipinski definition) is 2. The highest BCUT2D eigenvalue weighted by Gasteiger charge is 2.35. The summed E-state index contributed by atoms with van der Waals surface area (Å²) in [6.07, 6.45) is -0.334. The van der Waals surface area contributed by atoms with E-state index >= 15 is 0 Å². The SMILES string of the molecule is O=C1OC[C@@H](c2ccccc2)N1c1ccc2[nH]nc(-c3cc4ccccc4[nH]3)c2c1. The van der Waals surface area contributed by atoms with Crippen LogP contribution in [0, 0.1) is 0 Å². The highest BCUT2D eigenvalue weighted by atomic mass is 16.6. The van der Waals surface area contributed by atoms with Crippen molar-refractivity contribution in [2.45, 2.75) is 6.04 Å². The van der Waals surface area contributed by atoms with Crippen molar-refractivity contribution in [1.82, 2.24) is 15.2 Å². The van der Waals surface area contributed by atoms with Gasteiger partial charge in [0.25, 0.3) is 0 Å². The number of cyclic esters (lactones) is 1. The smallest absolute Gasteiger partial charge is 0.415 e. The maximum atomic E-state index is 12.6. The van der Waals surface area contributed by atoms with E-state index in [0.29, 0.717) is 6.61 Å². The van der Waals surface area contributed by atoms with Gasteiger partial charge in [-0.2, -0.15) is 5.10 Å². The molecule has 1 fully saturated rings. The average molecular weight is 394 g/mol. The van der Waals surface area contributed by atoms with Gasteiger partial charge in [-0.05, 0) is 35.9 Å². The van der Waals surface area contributed by atoms with Crippen molar-refractivity contribution in [2.75, 3.05) is 11.5 Å². The maximum absolute atomic E-state index is 12.6. The number of amides is 1. The number of rotatable bonds is 3. The standard InChI is InChI=1S/C24H18N4O2/c29-24-28(22(14-30-24)15-6-2-1-3-7-15)17-10-11-20-18(13-17)23(27-26-20)21-12-16-8-4-5-9-19(16)25-21/h1-13,22,25H,14H2,(H,26,27)/t22-/m0/s1. The number of H-pyrrole nitrogens is 2. The largest absolute Gasteiger partial charge is 0.447 e. The fraction of sp³-hybridized carbons (Fsp3) is 0.0833. The van der Waals surface area contributed by atoms with Gasteiger partial charge < -0.3 is 9.72 Å². The van der Waals surface area contributed by atoms with Gasteiger partial charge in [-0.25, -0.2) is 4.79 Å². The Hall–Kier alpha value is -4.06. The molecule has 6 rings (SSSR count). The molecule has 1 aliphatic rings. The van der Waals surface area contributed by atoms with Gasteiger partial charge >= 0.3 is 6.09 Å². The predicted molar refractivity (Wildman–Crippen MR) is 116 cm³/mol. The van der Waals surface area contributed by atoms with Crippen molar-refractivity contribution < 1.29 is 9.53 Å². The van der Waals surface area contributed by atoms with Crippen LogP contribution in [0.15, 0.2) is 78.9 Å². The summed E-state index contributed by atoms with van der Waals surface area (Å²) in [5, 5.41) is 9.71. The van der Waals surface area contributed by atoms with Crippen LogP contribution in [0.1, 0.15) is 11.6 Å². The van der Waals surface area contributed by atoms with Gasteiger partial charge in [0.2, 0.25) is 0 Å². The molecule has 1 atom stereocenters. The van der Waals surface area contributed by atoms with E-state index in [1.807, 2.05) is 66.7 Å². The van der Waals surface area contributed by atoms with Crippen LogP contribution in [-0.4, -0.2) is 27.9 Å². The maximum Gasteiger partial charge on any atom is 0.415 e. The molecule has 146 valence electrons. The summed E-state index contributed by atoms with van der Waals surface area (Å²) in [5.74, 6) is 0. The third-order valence-corrected chi connectivity index (χ3v) is 5.67. The van der Waals surface area contributed by atoms with Crippen molar-refractivity contribution in [3.63, 3.8) is 0 Å². The van der Waals surface area contributed by atoms with Crippen LogP contribution in [0.2, 0.25) is 0 Å². The first-order valence-corrected chi connectivity index (χ1v) is 9.85. The molecule has 0 spiro atoms. The molecular formula is C24H18N4O2. The molecule has 0 saturated carbocycles. The Morgan fingerprint density at radius 1 is 0.933 bits per heavy atom. The molecule has 5 aromatic rings. The molecule has 0 unspecified atom stereocenters. The molecule has 0 radical (unpaired) electrons. The Morgan fingerprint density at radius 3 is 2.63 bits per heavy atom. The van der Waals surface area contributed by atoms with Crippen LogP contribution in [-0.2, 0) is 4.74 Å². The van der Waals surface area contributed by atoms with E-state index in [0.717, 1.165) is 44.4 Å². The van der Waals surface area contributed by atoms with Crippen LogP contribution in [0.3, 0.4) is 0 Å². The van der Waals surface area contributed by atoms with Crippen molar-refractivity contribution in [2.24, 2.45) is 0 Å². The minimum absolute atomic E-state index is 0.153. The topological polar surface area (TPSA) is 74.0 Å². The summed E-state index contributed by atoms with van der Waals surface area (Å²) < 4.78 is 5.39. The summed E-state index contributed by atoms with van der Waals surface area (Å²) in [7, 11) is 0. The Labute approximate surface area is 172 Å². The second-order valence-corrected chi connectivity index (χ2v) is 7.45. The number of ether oxygens (including phenoxy) is 1. The average Bonchev–Trinajstić information content (AvgIpc) is 3.49. The lowest BCUT2D eigenvalue weighted by Gasteiger charge is -2.22. The quantitative estimate of drug-likeness (QED) is 0.430. The van der Waals surface area contributed by atoms with Crippen molar-refractivity contribution in [3.8, 4) is 11.4 Å². The Bertz CT molecular complexity index is 1350. The zero-order chi connectivity index (χ0) is 20.1. The van der Waals surface area contributed by atoms with Crippen LogP contribution in [0.4, 0.5) is 10.5 Å². The molecule has 6 nitrogen and oxygen atoms in total. The number of carbonyl (C=O) groups is 1. The van der Waals surface area contributed by atoms with E-state index in [4.69, 9.17) is 4.74 Å². The molecule has 1 amide bonds. The third kappa shape index (κ3) is 2.58. The van der Waals surface area contributed by atoms with Crippen LogP contribution in [0.25, 0.3) is 33.2 Å². The summed E-state index contributed by atoms with van der Waals surface area (Å²) in [5.41, 5.74) is 5.57. The molecule has 2 N–H and O–H groups in total. The number of anilines is 1. The minimum atomic E-state index is -0.334. The molecule has 1 aliphatic heterocycles. The molecule has 3 aromatic carbocycles. The molecule has 6 heteroatoms. The van der Waals surface area contributed by atoms with Gasteiger partial charge in [0.15, 0.2) is 0 Å². The second kappa shape index (κ2) is 6.49. The Balaban J connectivity index is 1.46. The Kier molecular flexibility index (Phi) is 3.64. The fourth-order valence-electron chi connectivity index (χ4n) is 4.19. The van der Waals surface area contributed by atoms with E-state index < -0.39 is 0 Å². The number of aromatic amines is 2. The molecule has 1 saturated heterocycles. The monoisotopic (exact) mass is 394 g/mol. The number of fused-ring (bicyclic) bond motifs is 2. The predicted octanol–water partition coefficient (Wildman–Crippen LogP) is 5.41. The van der Waals surface area contributed by atoms with Gasteiger partial charge in [0.05, 0.1) is 17.3 Å². The van der Waals surface area contributed by atoms with Crippen LogP contribution < -0.4 is 4.90 Å². The number of hydrogen-bond acceptors (Lipinski definition) is 3. The van der Waals surface area contributed by atoms with Crippen LogP contribution >= 0.6 is 0 Å². The number of para-hydroxylation sites is 1.